The van der Waals surface area contributed by atoms with Crippen LogP contribution in [0.2, 0.25) is 0 Å². The fraction of sp³-hybridized carbons (Fsp3) is 0.300. The molecule has 0 radical (unpaired) electrons. The van der Waals surface area contributed by atoms with Crippen LogP contribution in [0.1, 0.15) is 34.8 Å². The topological polar surface area (TPSA) is 61.4 Å². The van der Waals surface area contributed by atoms with E-state index in [4.69, 9.17) is 0 Å². The SMILES string of the molecule is O=C(NC(c1ccccc1)C1CC1)c1ccc(N2CCNC2=O)cc1. The molecule has 1 saturated carbocycles. The Kier molecular flexibility index (Phi) is 4.14. The highest BCUT2D eigenvalue weighted by Gasteiger charge is 2.33. The predicted molar refractivity (Wildman–Crippen MR) is 96.6 cm³/mol. The molecule has 1 atom stereocenters. The van der Waals surface area contributed by atoms with Gasteiger partial charge in [0.15, 0.2) is 0 Å². The molecule has 2 fully saturated rings. The van der Waals surface area contributed by atoms with E-state index in [-0.39, 0.29) is 18.0 Å². The molecular weight excluding hydrogens is 314 g/mol. The van der Waals surface area contributed by atoms with Crippen LogP contribution in [0.5, 0.6) is 0 Å². The molecule has 1 saturated heterocycles. The molecule has 1 aliphatic carbocycles. The Balaban J connectivity index is 1.47. The molecule has 3 amide bonds. The lowest BCUT2D eigenvalue weighted by Crippen LogP contribution is -2.30. The second-order valence-electron chi connectivity index (χ2n) is 6.63. The van der Waals surface area contributed by atoms with Gasteiger partial charge in [-0.05, 0) is 48.6 Å². The highest BCUT2D eigenvalue weighted by molar-refractivity contribution is 5.97. The first-order chi connectivity index (χ1) is 12.2. The van der Waals surface area contributed by atoms with E-state index in [9.17, 15) is 9.59 Å². The third kappa shape index (κ3) is 3.36. The second kappa shape index (κ2) is 6.59. The van der Waals surface area contributed by atoms with Crippen LogP contribution in [-0.2, 0) is 0 Å². The Hall–Kier alpha value is -2.82. The first-order valence-corrected chi connectivity index (χ1v) is 8.73. The lowest BCUT2D eigenvalue weighted by molar-refractivity contribution is 0.0931. The summed E-state index contributed by atoms with van der Waals surface area (Å²) in [5.74, 6) is 0.456. The first kappa shape index (κ1) is 15.7. The fourth-order valence-electron chi connectivity index (χ4n) is 3.30. The normalized spacial score (nSPS) is 17.9. The molecule has 4 rings (SSSR count). The standard InChI is InChI=1S/C20H21N3O2/c24-19(22-18(15-6-7-15)14-4-2-1-3-5-14)16-8-10-17(11-9-16)23-13-12-21-20(23)25/h1-5,8-11,15,18H,6-7,12-13H2,(H,21,25)(H,22,24). The van der Waals surface area contributed by atoms with Crippen molar-refractivity contribution in [3.63, 3.8) is 0 Å². The van der Waals surface area contributed by atoms with Crippen molar-refractivity contribution in [3.8, 4) is 0 Å². The number of urea groups is 1. The summed E-state index contributed by atoms with van der Waals surface area (Å²) in [5, 5.41) is 5.95. The Morgan fingerprint density at radius 2 is 1.80 bits per heavy atom. The minimum Gasteiger partial charge on any atom is -0.345 e. The summed E-state index contributed by atoms with van der Waals surface area (Å²) in [6, 6.07) is 17.3. The molecule has 5 nitrogen and oxygen atoms in total. The minimum atomic E-state index is -0.0879. The molecule has 5 heteroatoms. The molecule has 128 valence electrons. The van der Waals surface area contributed by atoms with Crippen molar-refractivity contribution >= 4 is 17.6 Å². The molecule has 0 spiro atoms. The van der Waals surface area contributed by atoms with E-state index in [0.29, 0.717) is 24.6 Å². The van der Waals surface area contributed by atoms with E-state index in [2.05, 4.69) is 22.8 Å². The van der Waals surface area contributed by atoms with Gasteiger partial charge >= 0.3 is 6.03 Å². The molecule has 2 aromatic carbocycles. The van der Waals surface area contributed by atoms with Gasteiger partial charge in [-0.2, -0.15) is 0 Å². The number of hydrogen-bond donors (Lipinski definition) is 2. The number of hydrogen-bond acceptors (Lipinski definition) is 2. The quantitative estimate of drug-likeness (QED) is 0.882. The number of benzene rings is 2. The van der Waals surface area contributed by atoms with Gasteiger partial charge in [0.2, 0.25) is 0 Å². The molecule has 1 aliphatic heterocycles. The van der Waals surface area contributed by atoms with Gasteiger partial charge in [-0.15, -0.1) is 0 Å². The molecule has 2 aliphatic rings. The van der Waals surface area contributed by atoms with Gasteiger partial charge < -0.3 is 10.6 Å². The highest BCUT2D eigenvalue weighted by Crippen LogP contribution is 2.41. The first-order valence-electron chi connectivity index (χ1n) is 8.73. The number of carbonyl (C=O) groups excluding carboxylic acids is 2. The van der Waals surface area contributed by atoms with E-state index in [1.54, 1.807) is 17.0 Å². The Bertz CT molecular complexity index is 769. The number of nitrogens with one attached hydrogen (secondary N) is 2. The number of carbonyl (C=O) groups is 2. The lowest BCUT2D eigenvalue weighted by Gasteiger charge is -2.19. The third-order valence-corrected chi connectivity index (χ3v) is 4.84. The second-order valence-corrected chi connectivity index (χ2v) is 6.63. The summed E-state index contributed by atoms with van der Waals surface area (Å²) in [6.07, 6.45) is 2.31. The number of nitrogens with zero attached hydrogens (tertiary/aromatic N) is 1. The molecular formula is C20H21N3O2. The smallest absolute Gasteiger partial charge is 0.321 e. The van der Waals surface area contributed by atoms with Gasteiger partial charge in [0, 0.05) is 24.3 Å². The largest absolute Gasteiger partial charge is 0.345 e. The van der Waals surface area contributed by atoms with Crippen LogP contribution in [0, 0.1) is 5.92 Å². The minimum absolute atomic E-state index is 0.0673. The number of anilines is 1. The Morgan fingerprint density at radius 1 is 1.08 bits per heavy atom. The van der Waals surface area contributed by atoms with E-state index < -0.39 is 0 Å². The zero-order chi connectivity index (χ0) is 17.2. The van der Waals surface area contributed by atoms with E-state index >= 15 is 0 Å². The predicted octanol–water partition coefficient (Wildman–Crippen LogP) is 3.10. The maximum Gasteiger partial charge on any atom is 0.321 e. The average molecular weight is 335 g/mol. The molecule has 0 aromatic heterocycles. The summed E-state index contributed by atoms with van der Waals surface area (Å²) in [6.45, 7) is 1.31. The van der Waals surface area contributed by atoms with Crippen LogP contribution in [0.4, 0.5) is 10.5 Å². The van der Waals surface area contributed by atoms with Crippen molar-refractivity contribution < 1.29 is 9.59 Å². The van der Waals surface area contributed by atoms with Crippen molar-refractivity contribution in [1.82, 2.24) is 10.6 Å². The summed E-state index contributed by atoms with van der Waals surface area (Å²) in [5.41, 5.74) is 2.59. The van der Waals surface area contributed by atoms with Crippen molar-refractivity contribution in [3.05, 3.63) is 65.7 Å². The van der Waals surface area contributed by atoms with Gasteiger partial charge in [0.25, 0.3) is 5.91 Å². The van der Waals surface area contributed by atoms with Crippen LogP contribution in [0.15, 0.2) is 54.6 Å². The van der Waals surface area contributed by atoms with Gasteiger partial charge in [-0.3, -0.25) is 9.69 Å². The van der Waals surface area contributed by atoms with E-state index in [1.807, 2.05) is 30.3 Å². The van der Waals surface area contributed by atoms with Gasteiger partial charge in [-0.25, -0.2) is 4.79 Å². The molecule has 25 heavy (non-hydrogen) atoms. The van der Waals surface area contributed by atoms with Crippen LogP contribution in [0.25, 0.3) is 0 Å². The summed E-state index contributed by atoms with van der Waals surface area (Å²) in [4.78, 5) is 26.0. The average Bonchev–Trinajstić information content (AvgIpc) is 3.41. The van der Waals surface area contributed by atoms with Crippen LogP contribution < -0.4 is 15.5 Å². The number of rotatable bonds is 5. The molecule has 2 N–H and O–H groups in total. The van der Waals surface area contributed by atoms with Crippen molar-refractivity contribution in [2.75, 3.05) is 18.0 Å². The third-order valence-electron chi connectivity index (χ3n) is 4.84. The zero-order valence-electron chi connectivity index (χ0n) is 13.9. The van der Waals surface area contributed by atoms with Gasteiger partial charge in [0.05, 0.1) is 6.04 Å². The lowest BCUT2D eigenvalue weighted by atomic mass is 10.0. The summed E-state index contributed by atoms with van der Waals surface area (Å²) < 4.78 is 0. The van der Waals surface area contributed by atoms with Crippen molar-refractivity contribution in [1.29, 1.82) is 0 Å². The summed E-state index contributed by atoms with van der Waals surface area (Å²) in [7, 11) is 0. The van der Waals surface area contributed by atoms with Gasteiger partial charge in [-0.1, -0.05) is 30.3 Å². The van der Waals surface area contributed by atoms with E-state index in [0.717, 1.165) is 24.1 Å². The molecule has 1 heterocycles. The summed E-state index contributed by atoms with van der Waals surface area (Å²) >= 11 is 0. The molecule has 2 aromatic rings. The monoisotopic (exact) mass is 335 g/mol. The van der Waals surface area contributed by atoms with Crippen molar-refractivity contribution in [2.24, 2.45) is 5.92 Å². The highest BCUT2D eigenvalue weighted by atomic mass is 16.2. The van der Waals surface area contributed by atoms with Crippen LogP contribution in [-0.4, -0.2) is 25.0 Å². The Morgan fingerprint density at radius 3 is 2.40 bits per heavy atom. The fourth-order valence-corrected chi connectivity index (χ4v) is 3.30. The van der Waals surface area contributed by atoms with Crippen LogP contribution in [0.3, 0.4) is 0 Å². The maximum absolute atomic E-state index is 12.7. The van der Waals surface area contributed by atoms with Crippen molar-refractivity contribution in [2.45, 2.75) is 18.9 Å². The molecule has 1 unspecified atom stereocenters. The maximum atomic E-state index is 12.7. The molecule has 0 bridgehead atoms. The zero-order valence-corrected chi connectivity index (χ0v) is 13.9. The van der Waals surface area contributed by atoms with E-state index in [1.165, 1.54) is 0 Å². The van der Waals surface area contributed by atoms with Gasteiger partial charge in [0.1, 0.15) is 0 Å². The Labute approximate surface area is 147 Å². The number of amides is 3. The van der Waals surface area contributed by atoms with Crippen LogP contribution >= 0.6 is 0 Å².